The first-order chi connectivity index (χ1) is 14.5. The standard InChI is InChI=1S/C22H26Cl2N4OS/c1-2-5-21(29)26-22(30)25-17-8-9-20(19(24)14-17)28-12-10-27(11-13-28)15-16-6-3-4-7-18(16)23/h3-4,6-9,14H,2,5,10-13,15H2,1H3,(H2,25,26,29,30). The summed E-state index contributed by atoms with van der Waals surface area (Å²) in [7, 11) is 0. The normalized spacial score (nSPS) is 14.4. The molecule has 1 saturated heterocycles. The van der Waals surface area contributed by atoms with Crippen LogP contribution in [0.4, 0.5) is 11.4 Å². The van der Waals surface area contributed by atoms with Crippen molar-refractivity contribution >= 4 is 57.8 Å². The summed E-state index contributed by atoms with van der Waals surface area (Å²) in [6.07, 6.45) is 1.23. The molecule has 1 heterocycles. The molecule has 1 amide bonds. The number of nitrogens with zero attached hydrogens (tertiary/aromatic N) is 2. The van der Waals surface area contributed by atoms with Gasteiger partial charge < -0.3 is 15.5 Å². The van der Waals surface area contributed by atoms with Gasteiger partial charge in [0.2, 0.25) is 5.91 Å². The average molecular weight is 465 g/mol. The minimum atomic E-state index is -0.0904. The molecule has 0 aliphatic carbocycles. The molecule has 0 unspecified atom stereocenters. The number of rotatable bonds is 6. The summed E-state index contributed by atoms with van der Waals surface area (Å²) < 4.78 is 0. The molecule has 0 aromatic heterocycles. The van der Waals surface area contributed by atoms with Gasteiger partial charge in [0.15, 0.2) is 5.11 Å². The second-order valence-corrected chi connectivity index (χ2v) is 8.50. The van der Waals surface area contributed by atoms with E-state index in [0.29, 0.717) is 11.4 Å². The molecule has 1 fully saturated rings. The van der Waals surface area contributed by atoms with Crippen LogP contribution in [0.3, 0.4) is 0 Å². The van der Waals surface area contributed by atoms with Gasteiger partial charge in [0, 0.05) is 49.9 Å². The first-order valence-corrected chi connectivity index (χ1v) is 11.2. The third-order valence-corrected chi connectivity index (χ3v) is 5.88. The van der Waals surface area contributed by atoms with Gasteiger partial charge in [-0.05, 0) is 48.5 Å². The summed E-state index contributed by atoms with van der Waals surface area (Å²) >= 11 is 18.0. The number of hydrogen-bond donors (Lipinski definition) is 2. The summed E-state index contributed by atoms with van der Waals surface area (Å²) in [5.74, 6) is -0.0904. The quantitative estimate of drug-likeness (QED) is 0.593. The molecule has 0 radical (unpaired) electrons. The molecule has 30 heavy (non-hydrogen) atoms. The molecule has 0 bridgehead atoms. The van der Waals surface area contributed by atoms with Gasteiger partial charge in [-0.1, -0.05) is 48.3 Å². The predicted octanol–water partition coefficient (Wildman–Crippen LogP) is 4.93. The Morgan fingerprint density at radius 2 is 1.80 bits per heavy atom. The number of thiocarbonyl (C=S) groups is 1. The molecule has 0 atom stereocenters. The molecule has 0 spiro atoms. The monoisotopic (exact) mass is 464 g/mol. The molecular formula is C22H26Cl2N4OS. The lowest BCUT2D eigenvalue weighted by atomic mass is 10.2. The van der Waals surface area contributed by atoms with Crippen molar-refractivity contribution in [3.8, 4) is 0 Å². The summed E-state index contributed by atoms with van der Waals surface area (Å²) in [6, 6.07) is 13.7. The number of hydrogen-bond acceptors (Lipinski definition) is 4. The Kier molecular flexibility index (Phi) is 8.33. The topological polar surface area (TPSA) is 47.6 Å². The second kappa shape index (κ2) is 11.0. The molecule has 160 valence electrons. The van der Waals surface area contributed by atoms with Gasteiger partial charge in [-0.25, -0.2) is 0 Å². The van der Waals surface area contributed by atoms with Crippen LogP contribution in [0.1, 0.15) is 25.3 Å². The third-order valence-electron chi connectivity index (χ3n) is 5.00. The van der Waals surface area contributed by atoms with Crippen LogP contribution in [0.2, 0.25) is 10.0 Å². The van der Waals surface area contributed by atoms with E-state index in [1.54, 1.807) is 0 Å². The van der Waals surface area contributed by atoms with E-state index in [0.717, 1.165) is 61.1 Å². The Balaban J connectivity index is 1.54. The van der Waals surface area contributed by atoms with Gasteiger partial charge in [-0.2, -0.15) is 0 Å². The highest BCUT2D eigenvalue weighted by Crippen LogP contribution is 2.30. The van der Waals surface area contributed by atoms with Crippen molar-refractivity contribution in [2.75, 3.05) is 36.4 Å². The smallest absolute Gasteiger partial charge is 0.226 e. The van der Waals surface area contributed by atoms with E-state index < -0.39 is 0 Å². The number of anilines is 2. The number of carbonyl (C=O) groups is 1. The summed E-state index contributed by atoms with van der Waals surface area (Å²) in [4.78, 5) is 16.3. The van der Waals surface area contributed by atoms with Gasteiger partial charge in [0.1, 0.15) is 0 Å². The Morgan fingerprint density at radius 3 is 2.47 bits per heavy atom. The number of nitrogens with one attached hydrogen (secondary N) is 2. The van der Waals surface area contributed by atoms with E-state index in [1.165, 1.54) is 0 Å². The first kappa shape index (κ1) is 22.8. The fourth-order valence-electron chi connectivity index (χ4n) is 3.43. The molecule has 5 nitrogen and oxygen atoms in total. The van der Waals surface area contributed by atoms with Crippen LogP contribution in [0.5, 0.6) is 0 Å². The van der Waals surface area contributed by atoms with Crippen LogP contribution in [0.15, 0.2) is 42.5 Å². The highest BCUT2D eigenvalue weighted by Gasteiger charge is 2.20. The number of piperazine rings is 1. The lowest BCUT2D eigenvalue weighted by Crippen LogP contribution is -2.46. The van der Waals surface area contributed by atoms with E-state index in [-0.39, 0.29) is 11.0 Å². The molecule has 1 aliphatic heterocycles. The summed E-state index contributed by atoms with van der Waals surface area (Å²) in [5, 5.41) is 7.44. The van der Waals surface area contributed by atoms with E-state index in [9.17, 15) is 4.79 Å². The van der Waals surface area contributed by atoms with Crippen molar-refractivity contribution in [3.05, 3.63) is 58.1 Å². The molecule has 2 N–H and O–H groups in total. The van der Waals surface area contributed by atoms with Crippen molar-refractivity contribution in [2.45, 2.75) is 26.3 Å². The first-order valence-electron chi connectivity index (χ1n) is 10.1. The fraction of sp³-hybridized carbons (Fsp3) is 0.364. The van der Waals surface area contributed by atoms with Gasteiger partial charge >= 0.3 is 0 Å². The van der Waals surface area contributed by atoms with Gasteiger partial charge in [0.05, 0.1) is 10.7 Å². The minimum absolute atomic E-state index is 0.0904. The molecular weight excluding hydrogens is 439 g/mol. The van der Waals surface area contributed by atoms with Gasteiger partial charge in [0.25, 0.3) is 0 Å². The Labute approximate surface area is 193 Å². The molecule has 8 heteroatoms. The van der Waals surface area contributed by atoms with Crippen molar-refractivity contribution in [1.82, 2.24) is 10.2 Å². The van der Waals surface area contributed by atoms with Crippen molar-refractivity contribution < 1.29 is 4.79 Å². The highest BCUT2D eigenvalue weighted by atomic mass is 35.5. The van der Waals surface area contributed by atoms with Crippen LogP contribution in [0.25, 0.3) is 0 Å². The fourth-order valence-corrected chi connectivity index (χ4v) is 4.16. The summed E-state index contributed by atoms with van der Waals surface area (Å²) in [5.41, 5.74) is 2.91. The zero-order chi connectivity index (χ0) is 21.5. The maximum atomic E-state index is 11.6. The van der Waals surface area contributed by atoms with Crippen molar-refractivity contribution in [3.63, 3.8) is 0 Å². The maximum Gasteiger partial charge on any atom is 0.226 e. The van der Waals surface area contributed by atoms with Crippen LogP contribution in [0, 0.1) is 0 Å². The number of halogens is 2. The predicted molar refractivity (Wildman–Crippen MR) is 130 cm³/mol. The lowest BCUT2D eigenvalue weighted by Gasteiger charge is -2.36. The van der Waals surface area contributed by atoms with E-state index >= 15 is 0 Å². The Bertz CT molecular complexity index is 900. The van der Waals surface area contributed by atoms with Crippen molar-refractivity contribution in [1.29, 1.82) is 0 Å². The van der Waals surface area contributed by atoms with Crippen LogP contribution < -0.4 is 15.5 Å². The molecule has 0 saturated carbocycles. The lowest BCUT2D eigenvalue weighted by molar-refractivity contribution is -0.119. The minimum Gasteiger partial charge on any atom is -0.368 e. The van der Waals surface area contributed by atoms with Crippen LogP contribution in [-0.4, -0.2) is 42.1 Å². The van der Waals surface area contributed by atoms with E-state index in [2.05, 4.69) is 26.5 Å². The number of benzene rings is 2. The zero-order valence-corrected chi connectivity index (χ0v) is 19.3. The second-order valence-electron chi connectivity index (χ2n) is 7.27. The third kappa shape index (κ3) is 6.32. The van der Waals surface area contributed by atoms with E-state index in [4.69, 9.17) is 35.4 Å². The molecule has 2 aromatic carbocycles. The van der Waals surface area contributed by atoms with Gasteiger partial charge in [-0.3, -0.25) is 9.69 Å². The highest BCUT2D eigenvalue weighted by molar-refractivity contribution is 7.80. The van der Waals surface area contributed by atoms with E-state index in [1.807, 2.05) is 43.3 Å². The molecule has 2 aromatic rings. The Morgan fingerprint density at radius 1 is 1.07 bits per heavy atom. The number of amides is 1. The van der Waals surface area contributed by atoms with Gasteiger partial charge in [-0.15, -0.1) is 0 Å². The maximum absolute atomic E-state index is 11.6. The van der Waals surface area contributed by atoms with Crippen LogP contribution >= 0.6 is 35.4 Å². The average Bonchev–Trinajstić information content (AvgIpc) is 2.71. The number of carbonyl (C=O) groups excluding carboxylic acids is 1. The SMILES string of the molecule is CCCC(=O)NC(=S)Nc1ccc(N2CCN(Cc3ccccc3Cl)CC2)c(Cl)c1. The van der Waals surface area contributed by atoms with Crippen LogP contribution in [-0.2, 0) is 11.3 Å². The summed E-state index contributed by atoms with van der Waals surface area (Å²) in [6.45, 7) is 6.46. The van der Waals surface area contributed by atoms with Crippen molar-refractivity contribution in [2.24, 2.45) is 0 Å². The zero-order valence-electron chi connectivity index (χ0n) is 17.0. The molecule has 3 rings (SSSR count). The Hall–Kier alpha value is -1.86. The largest absolute Gasteiger partial charge is 0.368 e. The molecule has 1 aliphatic rings.